The summed E-state index contributed by atoms with van der Waals surface area (Å²) in [6.45, 7) is 0. The van der Waals surface area contributed by atoms with Crippen LogP contribution in [0.3, 0.4) is 0 Å². The van der Waals surface area contributed by atoms with Gasteiger partial charge in [-0.1, -0.05) is 42.1 Å². The molecule has 0 radical (unpaired) electrons. The fourth-order valence-corrected chi connectivity index (χ4v) is 4.08. The summed E-state index contributed by atoms with van der Waals surface area (Å²) in [5.74, 6) is 0. The number of pyridine rings is 1. The fraction of sp³-hybridized carbons (Fsp3) is 0.0952. The number of nitrogens with zero attached hydrogens (tertiary/aromatic N) is 2. The van der Waals surface area contributed by atoms with Crippen molar-refractivity contribution < 1.29 is 4.57 Å². The van der Waals surface area contributed by atoms with Gasteiger partial charge in [-0.05, 0) is 35.4 Å². The monoisotopic (exact) mass is 331 g/mol. The van der Waals surface area contributed by atoms with Crippen LogP contribution >= 0.6 is 11.8 Å². The molecule has 24 heavy (non-hydrogen) atoms. The average Bonchev–Trinajstić information content (AvgIpc) is 2.61. The van der Waals surface area contributed by atoms with Crippen molar-refractivity contribution in [3.05, 3.63) is 78.1 Å². The minimum atomic E-state index is 1.21. The molecular weight excluding hydrogens is 312 g/mol. The maximum absolute atomic E-state index is 2.27. The van der Waals surface area contributed by atoms with E-state index in [0.717, 1.165) is 0 Å². The van der Waals surface area contributed by atoms with Crippen LogP contribution in [0.15, 0.2) is 76.8 Å². The highest BCUT2D eigenvalue weighted by Gasteiger charge is 2.19. The van der Waals surface area contributed by atoms with E-state index in [1.54, 1.807) is 0 Å². The van der Waals surface area contributed by atoms with E-state index in [9.17, 15) is 0 Å². The molecule has 3 heteroatoms. The minimum absolute atomic E-state index is 1.21. The van der Waals surface area contributed by atoms with Crippen LogP contribution in [0.2, 0.25) is 0 Å². The van der Waals surface area contributed by atoms with E-state index in [2.05, 4.69) is 91.1 Å². The van der Waals surface area contributed by atoms with Gasteiger partial charge in [0.25, 0.3) is 0 Å². The summed E-state index contributed by atoms with van der Waals surface area (Å²) in [6, 6.07) is 19.5. The largest absolute Gasteiger partial charge is 0.343 e. The molecule has 0 amide bonds. The summed E-state index contributed by atoms with van der Waals surface area (Å²) in [5.41, 5.74) is 4.97. The highest BCUT2D eigenvalue weighted by atomic mass is 32.2. The van der Waals surface area contributed by atoms with E-state index < -0.39 is 0 Å². The van der Waals surface area contributed by atoms with Gasteiger partial charge >= 0.3 is 0 Å². The molecule has 3 aromatic rings. The summed E-state index contributed by atoms with van der Waals surface area (Å²) in [6.07, 6.45) is 8.46. The van der Waals surface area contributed by atoms with Gasteiger partial charge in [-0.15, -0.1) is 0 Å². The van der Waals surface area contributed by atoms with Crippen molar-refractivity contribution >= 4 is 35.3 Å². The van der Waals surface area contributed by atoms with Gasteiger partial charge in [0.1, 0.15) is 7.05 Å². The van der Waals surface area contributed by atoms with Gasteiger partial charge in [-0.2, -0.15) is 0 Å². The highest BCUT2D eigenvalue weighted by Crippen LogP contribution is 2.47. The summed E-state index contributed by atoms with van der Waals surface area (Å²) in [4.78, 5) is 4.88. The Morgan fingerprint density at radius 3 is 2.38 bits per heavy atom. The van der Waals surface area contributed by atoms with Crippen molar-refractivity contribution in [2.24, 2.45) is 7.05 Å². The van der Waals surface area contributed by atoms with Crippen LogP contribution in [0.4, 0.5) is 11.4 Å². The Hall–Kier alpha value is -2.52. The maximum atomic E-state index is 2.27. The molecule has 0 spiro atoms. The van der Waals surface area contributed by atoms with Gasteiger partial charge in [0, 0.05) is 29.0 Å². The van der Waals surface area contributed by atoms with E-state index in [1.807, 2.05) is 23.4 Å². The molecule has 2 aromatic carbocycles. The first-order chi connectivity index (χ1) is 11.7. The molecule has 2 heterocycles. The van der Waals surface area contributed by atoms with Crippen molar-refractivity contribution in [1.29, 1.82) is 0 Å². The Morgan fingerprint density at radius 1 is 0.833 bits per heavy atom. The van der Waals surface area contributed by atoms with Gasteiger partial charge in [0.15, 0.2) is 12.4 Å². The Balaban J connectivity index is 1.64. The zero-order chi connectivity index (χ0) is 16.5. The minimum Gasteiger partial charge on any atom is -0.343 e. The van der Waals surface area contributed by atoms with Crippen LogP contribution < -0.4 is 9.47 Å². The molecule has 1 aliphatic rings. The van der Waals surface area contributed by atoms with E-state index >= 15 is 0 Å². The molecule has 0 N–H and O–H groups in total. The molecule has 0 saturated carbocycles. The maximum Gasteiger partial charge on any atom is 0.169 e. The van der Waals surface area contributed by atoms with Gasteiger partial charge in [-0.3, -0.25) is 0 Å². The number of rotatable bonds is 2. The number of hydrogen-bond acceptors (Lipinski definition) is 2. The topological polar surface area (TPSA) is 7.12 Å². The van der Waals surface area contributed by atoms with Crippen LogP contribution in [0.25, 0.3) is 12.2 Å². The number of benzene rings is 2. The predicted molar refractivity (Wildman–Crippen MR) is 102 cm³/mol. The third-order valence-corrected chi connectivity index (χ3v) is 5.38. The number of aryl methyl sites for hydroxylation is 1. The summed E-state index contributed by atoms with van der Waals surface area (Å²) in [7, 11) is 4.17. The second kappa shape index (κ2) is 6.17. The molecular formula is C21H19N2S+. The lowest BCUT2D eigenvalue weighted by molar-refractivity contribution is -0.671. The van der Waals surface area contributed by atoms with Crippen molar-refractivity contribution in [3.63, 3.8) is 0 Å². The standard InChI is InChI=1S/C21H19N2S/c1-22-13-11-16(12-14-22)7-8-17-9-10-19-21(15-17)24-20-6-4-3-5-18(20)23(19)2/h3-15H,1-2H3/q+1. The number of anilines is 2. The molecule has 0 fully saturated rings. The third kappa shape index (κ3) is 2.83. The van der Waals surface area contributed by atoms with E-state index in [4.69, 9.17) is 0 Å². The molecule has 1 aliphatic heterocycles. The zero-order valence-electron chi connectivity index (χ0n) is 13.8. The van der Waals surface area contributed by atoms with E-state index in [1.165, 1.54) is 32.3 Å². The molecule has 0 atom stereocenters. The third-order valence-electron chi connectivity index (χ3n) is 4.26. The van der Waals surface area contributed by atoms with Crippen molar-refractivity contribution in [1.82, 2.24) is 0 Å². The first-order valence-corrected chi connectivity index (χ1v) is 8.80. The Bertz CT molecular complexity index is 913. The molecule has 2 nitrogen and oxygen atoms in total. The molecule has 0 aliphatic carbocycles. The van der Waals surface area contributed by atoms with Crippen LogP contribution in [-0.2, 0) is 7.05 Å². The number of hydrogen-bond donors (Lipinski definition) is 0. The van der Waals surface area contributed by atoms with Crippen LogP contribution in [0, 0.1) is 0 Å². The Labute approximate surface area is 147 Å². The lowest BCUT2D eigenvalue weighted by atomic mass is 10.1. The van der Waals surface area contributed by atoms with Gasteiger partial charge < -0.3 is 4.90 Å². The van der Waals surface area contributed by atoms with Crippen LogP contribution in [-0.4, -0.2) is 7.05 Å². The number of aromatic nitrogens is 1. The lowest BCUT2D eigenvalue weighted by Gasteiger charge is -2.29. The first kappa shape index (κ1) is 15.0. The zero-order valence-corrected chi connectivity index (χ0v) is 14.6. The second-order valence-electron chi connectivity index (χ2n) is 5.99. The molecule has 0 saturated heterocycles. The van der Waals surface area contributed by atoms with Gasteiger partial charge in [0.2, 0.25) is 0 Å². The molecule has 4 rings (SSSR count). The quantitative estimate of drug-likeness (QED) is 0.616. The van der Waals surface area contributed by atoms with E-state index in [-0.39, 0.29) is 0 Å². The van der Waals surface area contributed by atoms with Gasteiger partial charge in [0.05, 0.1) is 11.4 Å². The smallest absolute Gasteiger partial charge is 0.169 e. The second-order valence-corrected chi connectivity index (χ2v) is 7.07. The first-order valence-electron chi connectivity index (χ1n) is 7.99. The fourth-order valence-electron chi connectivity index (χ4n) is 2.88. The molecule has 0 bridgehead atoms. The molecule has 0 unspecified atom stereocenters. The van der Waals surface area contributed by atoms with Gasteiger partial charge in [-0.25, -0.2) is 4.57 Å². The van der Waals surface area contributed by atoms with Crippen molar-refractivity contribution in [2.45, 2.75) is 9.79 Å². The Kier molecular flexibility index (Phi) is 3.87. The number of para-hydroxylation sites is 1. The summed E-state index contributed by atoms with van der Waals surface area (Å²) >= 11 is 1.85. The normalized spacial score (nSPS) is 13.0. The SMILES string of the molecule is CN1c2ccccc2Sc2cc(/C=C/c3cc[n+](C)cc3)ccc21. The summed E-state index contributed by atoms with van der Waals surface area (Å²) < 4.78 is 2.04. The summed E-state index contributed by atoms with van der Waals surface area (Å²) in [5, 5.41) is 0. The Morgan fingerprint density at radius 2 is 1.54 bits per heavy atom. The van der Waals surface area contributed by atoms with Crippen molar-refractivity contribution in [2.75, 3.05) is 11.9 Å². The lowest BCUT2D eigenvalue weighted by Crippen LogP contribution is -2.25. The van der Waals surface area contributed by atoms with Crippen LogP contribution in [0.5, 0.6) is 0 Å². The van der Waals surface area contributed by atoms with E-state index in [0.29, 0.717) is 0 Å². The van der Waals surface area contributed by atoms with Crippen LogP contribution in [0.1, 0.15) is 11.1 Å². The highest BCUT2D eigenvalue weighted by molar-refractivity contribution is 7.99. The van der Waals surface area contributed by atoms with Crippen molar-refractivity contribution in [3.8, 4) is 0 Å². The molecule has 1 aromatic heterocycles. The molecule has 118 valence electrons. The predicted octanol–water partition coefficient (Wildman–Crippen LogP) is 4.91. The average molecular weight is 331 g/mol. The number of fused-ring (bicyclic) bond motifs is 2.